The van der Waals surface area contributed by atoms with Crippen LogP contribution in [0.3, 0.4) is 0 Å². The SMILES string of the molecule is CC[B-]1(CC)c2n(cc[n+]2C(c2ccccc2)c2ccccc2)-c2c(C)c3ccccc3n21. The van der Waals surface area contributed by atoms with Gasteiger partial charge in [-0.05, 0) is 13.0 Å². The molecule has 5 aromatic rings. The minimum absolute atomic E-state index is 0.138. The summed E-state index contributed by atoms with van der Waals surface area (Å²) in [7, 11) is 0. The van der Waals surface area contributed by atoms with Gasteiger partial charge in [0, 0.05) is 27.6 Å². The predicted octanol–water partition coefficient (Wildman–Crippen LogP) is 5.72. The maximum Gasteiger partial charge on any atom is 0.217 e. The topological polar surface area (TPSA) is 13.7 Å². The zero-order chi connectivity index (χ0) is 22.6. The summed E-state index contributed by atoms with van der Waals surface area (Å²) in [5.41, 5.74) is 6.80. The van der Waals surface area contributed by atoms with E-state index in [1.807, 2.05) is 0 Å². The summed E-state index contributed by atoms with van der Waals surface area (Å²) < 4.78 is 7.73. The van der Waals surface area contributed by atoms with Gasteiger partial charge in [0.15, 0.2) is 5.82 Å². The van der Waals surface area contributed by atoms with Gasteiger partial charge in [0.05, 0.1) is 0 Å². The molecule has 4 heteroatoms. The van der Waals surface area contributed by atoms with Gasteiger partial charge in [0.1, 0.15) is 24.2 Å². The fourth-order valence-electron chi connectivity index (χ4n) is 6.48. The van der Waals surface area contributed by atoms with Crippen LogP contribution in [-0.4, -0.2) is 15.3 Å². The van der Waals surface area contributed by atoms with Crippen LogP contribution in [0.1, 0.15) is 36.6 Å². The van der Waals surface area contributed by atoms with Crippen LogP contribution in [-0.2, 0) is 0 Å². The Kier molecular flexibility index (Phi) is 4.58. The van der Waals surface area contributed by atoms with Crippen LogP contribution in [0.5, 0.6) is 0 Å². The lowest BCUT2D eigenvalue weighted by molar-refractivity contribution is -0.687. The third-order valence-corrected chi connectivity index (χ3v) is 8.08. The molecule has 0 saturated carbocycles. The smallest absolute Gasteiger partial charge is 0.217 e. The van der Waals surface area contributed by atoms with E-state index in [9.17, 15) is 0 Å². The second-order valence-corrected chi connectivity index (χ2v) is 9.50. The van der Waals surface area contributed by atoms with Gasteiger partial charge in [-0.15, -0.1) is 0 Å². The number of nitrogens with zero attached hydrogens (tertiary/aromatic N) is 3. The number of aryl methyl sites for hydroxylation is 1. The molecule has 0 bridgehead atoms. The lowest BCUT2D eigenvalue weighted by atomic mass is 9.31. The van der Waals surface area contributed by atoms with E-state index in [2.05, 4.69) is 132 Å². The Labute approximate surface area is 195 Å². The van der Waals surface area contributed by atoms with Crippen molar-refractivity contribution >= 4 is 22.9 Å². The lowest BCUT2D eigenvalue weighted by Crippen LogP contribution is -2.67. The Morgan fingerprint density at radius 1 is 0.788 bits per heavy atom. The summed E-state index contributed by atoms with van der Waals surface area (Å²) >= 11 is 0. The molecule has 0 radical (unpaired) electrons. The number of para-hydroxylation sites is 1. The van der Waals surface area contributed by atoms with Crippen molar-refractivity contribution < 1.29 is 4.57 Å². The summed E-state index contributed by atoms with van der Waals surface area (Å²) in [5, 5.41) is 1.37. The van der Waals surface area contributed by atoms with Crippen molar-refractivity contribution in [2.24, 2.45) is 0 Å². The molecule has 1 aliphatic rings. The third kappa shape index (κ3) is 2.67. The van der Waals surface area contributed by atoms with Crippen LogP contribution in [0.2, 0.25) is 12.6 Å². The highest BCUT2D eigenvalue weighted by Crippen LogP contribution is 2.38. The van der Waals surface area contributed by atoms with Gasteiger partial charge in [0.2, 0.25) is 6.28 Å². The molecule has 0 spiro atoms. The zero-order valence-corrected chi connectivity index (χ0v) is 19.6. The fourth-order valence-corrected chi connectivity index (χ4v) is 6.48. The molecule has 0 unspecified atom stereocenters. The molecule has 6 rings (SSSR count). The van der Waals surface area contributed by atoms with Gasteiger partial charge in [-0.3, -0.25) is 4.57 Å². The number of hydrogen-bond donors (Lipinski definition) is 0. The lowest BCUT2D eigenvalue weighted by Gasteiger charge is -2.34. The van der Waals surface area contributed by atoms with Crippen LogP contribution in [0.25, 0.3) is 16.7 Å². The summed E-state index contributed by atoms with van der Waals surface area (Å²) in [6.45, 7) is 7.01. The Hall–Kier alpha value is -3.53. The fraction of sp³-hybridized carbons (Fsp3) is 0.207. The second kappa shape index (κ2) is 7.52. The van der Waals surface area contributed by atoms with Crippen molar-refractivity contribution in [1.82, 2.24) is 9.05 Å². The second-order valence-electron chi connectivity index (χ2n) is 9.50. The van der Waals surface area contributed by atoms with Crippen LogP contribution in [0.15, 0.2) is 97.3 Å². The molecule has 0 N–H and O–H groups in total. The van der Waals surface area contributed by atoms with Crippen molar-refractivity contribution in [2.75, 3.05) is 0 Å². The van der Waals surface area contributed by atoms with Gasteiger partial charge in [-0.25, -0.2) is 4.57 Å². The maximum atomic E-state index is 2.68. The molecular weight excluding hydrogens is 401 g/mol. The molecule has 0 amide bonds. The maximum absolute atomic E-state index is 2.68. The number of imidazole rings is 1. The first kappa shape index (κ1) is 20.1. The zero-order valence-electron chi connectivity index (χ0n) is 19.6. The van der Waals surface area contributed by atoms with Crippen LogP contribution in [0, 0.1) is 6.92 Å². The summed E-state index contributed by atoms with van der Waals surface area (Å²) in [6, 6.07) is 30.9. The van der Waals surface area contributed by atoms with E-state index in [0.717, 1.165) is 12.6 Å². The minimum atomic E-state index is -0.976. The summed E-state index contributed by atoms with van der Waals surface area (Å²) in [6.07, 6.45) is 5.82. The molecule has 2 aromatic heterocycles. The van der Waals surface area contributed by atoms with E-state index in [-0.39, 0.29) is 6.04 Å². The molecule has 1 aliphatic heterocycles. The Morgan fingerprint density at radius 2 is 1.36 bits per heavy atom. The van der Waals surface area contributed by atoms with Crippen molar-refractivity contribution in [3.8, 4) is 5.82 Å². The number of hydrogen-bond acceptors (Lipinski definition) is 0. The minimum Gasteiger partial charge on any atom is -0.472 e. The molecule has 3 heterocycles. The van der Waals surface area contributed by atoms with Crippen molar-refractivity contribution in [3.05, 3.63) is 114 Å². The normalized spacial score (nSPS) is 14.1. The van der Waals surface area contributed by atoms with Gasteiger partial charge in [-0.2, -0.15) is 12.6 Å². The predicted molar refractivity (Wildman–Crippen MR) is 138 cm³/mol. The molecule has 3 nitrogen and oxygen atoms in total. The average Bonchev–Trinajstić information content (AvgIpc) is 3.51. The van der Waals surface area contributed by atoms with E-state index >= 15 is 0 Å². The molecule has 0 aliphatic carbocycles. The molecular formula is C29H30BN3. The van der Waals surface area contributed by atoms with Crippen LogP contribution >= 0.6 is 0 Å². The highest BCUT2D eigenvalue weighted by atomic mass is 15.3. The van der Waals surface area contributed by atoms with Crippen molar-refractivity contribution in [3.63, 3.8) is 0 Å². The third-order valence-electron chi connectivity index (χ3n) is 8.08. The first-order valence-electron chi connectivity index (χ1n) is 12.2. The summed E-state index contributed by atoms with van der Waals surface area (Å²) in [4.78, 5) is 0. The van der Waals surface area contributed by atoms with E-state index in [0.29, 0.717) is 0 Å². The highest BCUT2D eigenvalue weighted by Gasteiger charge is 2.47. The molecule has 0 saturated heterocycles. The van der Waals surface area contributed by atoms with Crippen molar-refractivity contribution in [1.29, 1.82) is 0 Å². The monoisotopic (exact) mass is 431 g/mol. The number of aromatic nitrogens is 3. The largest absolute Gasteiger partial charge is 0.472 e. The van der Waals surface area contributed by atoms with Gasteiger partial charge < -0.3 is 4.48 Å². The van der Waals surface area contributed by atoms with Gasteiger partial charge in [0.25, 0.3) is 0 Å². The number of rotatable bonds is 5. The first-order valence-corrected chi connectivity index (χ1v) is 12.2. The van der Waals surface area contributed by atoms with Gasteiger partial charge >= 0.3 is 0 Å². The standard InChI is InChI=1S/C29H30BN3/c1-4-30(5-2)29-31(27(23-14-8-6-9-15-23)24-16-10-7-11-17-24)20-21-32(29)28-22(3)25-18-12-13-19-26(25)33(28)30/h6-21,27H,4-5H2,1-3H3. The summed E-state index contributed by atoms with van der Waals surface area (Å²) in [5.74, 6) is 1.34. The van der Waals surface area contributed by atoms with E-state index in [1.54, 1.807) is 0 Å². The molecule has 164 valence electrons. The van der Waals surface area contributed by atoms with E-state index in [4.69, 9.17) is 0 Å². The van der Waals surface area contributed by atoms with E-state index in [1.165, 1.54) is 39.1 Å². The first-order chi connectivity index (χ1) is 16.2. The quantitative estimate of drug-likeness (QED) is 0.250. The number of fused-ring (bicyclic) bond motifs is 5. The van der Waals surface area contributed by atoms with Gasteiger partial charge in [-0.1, -0.05) is 92.7 Å². The number of benzene rings is 3. The molecule has 0 fully saturated rings. The Morgan fingerprint density at radius 3 is 1.97 bits per heavy atom. The highest BCUT2D eigenvalue weighted by molar-refractivity contribution is 6.90. The molecule has 33 heavy (non-hydrogen) atoms. The Balaban J connectivity index is 1.68. The van der Waals surface area contributed by atoms with Crippen molar-refractivity contribution in [2.45, 2.75) is 39.5 Å². The van der Waals surface area contributed by atoms with E-state index < -0.39 is 6.28 Å². The van der Waals surface area contributed by atoms with Crippen LogP contribution < -0.4 is 10.3 Å². The van der Waals surface area contributed by atoms with Crippen LogP contribution in [0.4, 0.5) is 0 Å². The Bertz CT molecular complexity index is 1400. The molecule has 0 atom stereocenters. The molecule has 3 aromatic carbocycles. The average molecular weight is 431 g/mol.